The number of para-hydroxylation sites is 1. The van der Waals surface area contributed by atoms with E-state index in [1.54, 1.807) is 25.1 Å². The molecule has 0 fully saturated rings. The van der Waals surface area contributed by atoms with Crippen LogP contribution in [0, 0.1) is 0 Å². The summed E-state index contributed by atoms with van der Waals surface area (Å²) in [6.45, 7) is 1.70. The van der Waals surface area contributed by atoms with E-state index in [2.05, 4.69) is 0 Å². The number of benzene rings is 2. The van der Waals surface area contributed by atoms with Crippen molar-refractivity contribution in [2.24, 2.45) is 0 Å². The first kappa shape index (κ1) is 12.0. The van der Waals surface area contributed by atoms with Crippen molar-refractivity contribution < 1.29 is 9.84 Å². The Morgan fingerprint density at radius 1 is 1.12 bits per heavy atom. The number of ether oxygens (including phenoxy) is 1. The minimum Gasteiger partial charge on any atom is -0.456 e. The molecular weight excluding hydrogens is 236 g/mol. The van der Waals surface area contributed by atoms with Crippen molar-refractivity contribution >= 4 is 11.6 Å². The molecule has 88 valence electrons. The van der Waals surface area contributed by atoms with Crippen LogP contribution in [-0.2, 0) is 0 Å². The highest BCUT2D eigenvalue weighted by atomic mass is 35.5. The van der Waals surface area contributed by atoms with Gasteiger partial charge >= 0.3 is 0 Å². The molecule has 1 N–H and O–H groups in total. The maximum atomic E-state index is 9.43. The maximum Gasteiger partial charge on any atom is 0.146 e. The number of halogens is 1. The SMILES string of the molecule is C[C@H](O)c1ccc(Oc2ccccc2)c(Cl)c1. The number of hydrogen-bond donors (Lipinski definition) is 1. The number of aliphatic hydroxyl groups is 1. The third kappa shape index (κ3) is 2.99. The third-order valence-corrected chi connectivity index (χ3v) is 2.70. The Hall–Kier alpha value is -1.51. The van der Waals surface area contributed by atoms with Gasteiger partial charge in [0.1, 0.15) is 11.5 Å². The molecule has 0 aromatic heterocycles. The van der Waals surface area contributed by atoms with E-state index in [9.17, 15) is 5.11 Å². The zero-order valence-electron chi connectivity index (χ0n) is 9.43. The van der Waals surface area contributed by atoms with Crippen LogP contribution in [0.15, 0.2) is 48.5 Å². The lowest BCUT2D eigenvalue weighted by Crippen LogP contribution is -1.92. The van der Waals surface area contributed by atoms with Gasteiger partial charge in [-0.2, -0.15) is 0 Å². The fraction of sp³-hybridized carbons (Fsp3) is 0.143. The van der Waals surface area contributed by atoms with Crippen molar-refractivity contribution in [3.8, 4) is 11.5 Å². The van der Waals surface area contributed by atoms with E-state index in [-0.39, 0.29) is 0 Å². The van der Waals surface area contributed by atoms with Gasteiger partial charge in [-0.25, -0.2) is 0 Å². The molecule has 2 nitrogen and oxygen atoms in total. The number of rotatable bonds is 3. The van der Waals surface area contributed by atoms with Gasteiger partial charge in [0.2, 0.25) is 0 Å². The van der Waals surface area contributed by atoms with Gasteiger partial charge in [0.05, 0.1) is 11.1 Å². The van der Waals surface area contributed by atoms with Crippen molar-refractivity contribution in [2.45, 2.75) is 13.0 Å². The Morgan fingerprint density at radius 2 is 1.82 bits per heavy atom. The van der Waals surface area contributed by atoms with Gasteiger partial charge in [-0.3, -0.25) is 0 Å². The van der Waals surface area contributed by atoms with Crippen LogP contribution in [0.3, 0.4) is 0 Å². The van der Waals surface area contributed by atoms with Crippen molar-refractivity contribution in [3.63, 3.8) is 0 Å². The van der Waals surface area contributed by atoms with Gasteiger partial charge in [-0.05, 0) is 36.8 Å². The molecule has 0 radical (unpaired) electrons. The molecule has 0 saturated carbocycles. The van der Waals surface area contributed by atoms with E-state index in [1.165, 1.54) is 0 Å². The van der Waals surface area contributed by atoms with E-state index in [0.717, 1.165) is 11.3 Å². The molecule has 3 heteroatoms. The summed E-state index contributed by atoms with van der Waals surface area (Å²) in [6, 6.07) is 14.7. The van der Waals surface area contributed by atoms with Gasteiger partial charge < -0.3 is 9.84 Å². The average Bonchev–Trinajstić information content (AvgIpc) is 2.33. The monoisotopic (exact) mass is 248 g/mol. The number of aliphatic hydroxyl groups excluding tert-OH is 1. The summed E-state index contributed by atoms with van der Waals surface area (Å²) in [5.74, 6) is 1.32. The predicted molar refractivity (Wildman–Crippen MR) is 68.6 cm³/mol. The van der Waals surface area contributed by atoms with Crippen LogP contribution in [0.4, 0.5) is 0 Å². The van der Waals surface area contributed by atoms with E-state index in [1.807, 2.05) is 30.3 Å². The Morgan fingerprint density at radius 3 is 2.41 bits per heavy atom. The molecule has 0 spiro atoms. The molecular formula is C14H13ClO2. The molecule has 0 aliphatic carbocycles. The molecule has 1 atom stereocenters. The quantitative estimate of drug-likeness (QED) is 0.883. The molecule has 0 saturated heterocycles. The lowest BCUT2D eigenvalue weighted by Gasteiger charge is -2.10. The standard InChI is InChI=1S/C14H13ClO2/c1-10(16)11-7-8-14(13(15)9-11)17-12-5-3-2-4-6-12/h2-10,16H,1H3/t10-/m0/s1. The summed E-state index contributed by atoms with van der Waals surface area (Å²) in [6.07, 6.45) is -0.529. The zero-order valence-corrected chi connectivity index (χ0v) is 10.2. The van der Waals surface area contributed by atoms with Gasteiger partial charge in [0.25, 0.3) is 0 Å². The summed E-state index contributed by atoms with van der Waals surface area (Å²) in [4.78, 5) is 0. The molecule has 0 unspecified atom stereocenters. The van der Waals surface area contributed by atoms with Crippen molar-refractivity contribution in [1.82, 2.24) is 0 Å². The van der Waals surface area contributed by atoms with Gasteiger partial charge in [0.15, 0.2) is 0 Å². The molecule has 0 heterocycles. The summed E-state index contributed by atoms with van der Waals surface area (Å²) < 4.78 is 5.63. The molecule has 0 aliphatic rings. The highest BCUT2D eigenvalue weighted by Gasteiger charge is 2.07. The van der Waals surface area contributed by atoms with Gasteiger partial charge in [-0.1, -0.05) is 35.9 Å². The molecule has 2 aromatic carbocycles. The van der Waals surface area contributed by atoms with Gasteiger partial charge in [0, 0.05) is 0 Å². The van der Waals surface area contributed by atoms with Crippen molar-refractivity contribution in [1.29, 1.82) is 0 Å². The second-order valence-corrected chi connectivity index (χ2v) is 4.19. The lowest BCUT2D eigenvalue weighted by atomic mass is 10.1. The topological polar surface area (TPSA) is 29.5 Å². The second kappa shape index (κ2) is 5.21. The van der Waals surface area contributed by atoms with Crippen LogP contribution in [-0.4, -0.2) is 5.11 Å². The van der Waals surface area contributed by atoms with Crippen LogP contribution in [0.5, 0.6) is 11.5 Å². The fourth-order valence-corrected chi connectivity index (χ4v) is 1.70. The smallest absolute Gasteiger partial charge is 0.146 e. The van der Waals surface area contributed by atoms with E-state index in [0.29, 0.717) is 10.8 Å². The van der Waals surface area contributed by atoms with Gasteiger partial charge in [-0.15, -0.1) is 0 Å². The minimum absolute atomic E-state index is 0.493. The highest BCUT2D eigenvalue weighted by molar-refractivity contribution is 6.32. The summed E-state index contributed by atoms with van der Waals surface area (Å²) in [7, 11) is 0. The van der Waals surface area contributed by atoms with Crippen molar-refractivity contribution in [2.75, 3.05) is 0 Å². The second-order valence-electron chi connectivity index (χ2n) is 3.78. The molecule has 0 amide bonds. The van der Waals surface area contributed by atoms with Crippen LogP contribution >= 0.6 is 11.6 Å². The van der Waals surface area contributed by atoms with Crippen LogP contribution in [0.2, 0.25) is 5.02 Å². The summed E-state index contributed by atoms with van der Waals surface area (Å²) >= 11 is 6.09. The first-order chi connectivity index (χ1) is 8.16. The minimum atomic E-state index is -0.529. The molecule has 17 heavy (non-hydrogen) atoms. The summed E-state index contributed by atoms with van der Waals surface area (Å²) in [5.41, 5.74) is 0.774. The van der Waals surface area contributed by atoms with E-state index < -0.39 is 6.10 Å². The lowest BCUT2D eigenvalue weighted by molar-refractivity contribution is 0.199. The maximum absolute atomic E-state index is 9.43. The largest absolute Gasteiger partial charge is 0.456 e. The number of hydrogen-bond acceptors (Lipinski definition) is 2. The average molecular weight is 249 g/mol. The first-order valence-electron chi connectivity index (χ1n) is 5.37. The molecule has 0 aliphatic heterocycles. The molecule has 2 aromatic rings. The van der Waals surface area contributed by atoms with Crippen LogP contribution < -0.4 is 4.74 Å². The van der Waals surface area contributed by atoms with Crippen molar-refractivity contribution in [3.05, 3.63) is 59.1 Å². The fourth-order valence-electron chi connectivity index (χ4n) is 1.48. The Balaban J connectivity index is 2.23. The first-order valence-corrected chi connectivity index (χ1v) is 5.75. The van der Waals surface area contributed by atoms with E-state index in [4.69, 9.17) is 16.3 Å². The molecule has 0 bridgehead atoms. The van der Waals surface area contributed by atoms with E-state index >= 15 is 0 Å². The third-order valence-electron chi connectivity index (χ3n) is 2.41. The molecule has 2 rings (SSSR count). The zero-order chi connectivity index (χ0) is 12.3. The van der Waals surface area contributed by atoms with Crippen LogP contribution in [0.1, 0.15) is 18.6 Å². The highest BCUT2D eigenvalue weighted by Crippen LogP contribution is 2.31. The predicted octanol–water partition coefficient (Wildman–Crippen LogP) is 4.19. The Kier molecular flexibility index (Phi) is 3.67. The Bertz CT molecular complexity index is 495. The van der Waals surface area contributed by atoms with Crippen LogP contribution in [0.25, 0.3) is 0 Å². The normalized spacial score (nSPS) is 12.2. The summed E-state index contributed by atoms with van der Waals surface area (Å²) in [5, 5.41) is 9.92. The Labute approximate surface area is 105 Å².